The molecule has 1 aliphatic carbocycles. The van der Waals surface area contributed by atoms with Crippen molar-refractivity contribution >= 4 is 0 Å². The van der Waals surface area contributed by atoms with Crippen LogP contribution in [0.1, 0.15) is 39.0 Å². The highest BCUT2D eigenvalue weighted by Gasteiger charge is 2.23. The molecule has 2 nitrogen and oxygen atoms in total. The summed E-state index contributed by atoms with van der Waals surface area (Å²) in [5.74, 6) is 0.892. The topological polar surface area (TPSA) is 24.1 Å². The van der Waals surface area contributed by atoms with E-state index in [4.69, 9.17) is 0 Å². The maximum absolute atomic E-state index is 3.63. The maximum atomic E-state index is 3.63. The third-order valence-corrected chi connectivity index (χ3v) is 3.69. The van der Waals surface area contributed by atoms with Crippen LogP contribution in [0, 0.1) is 5.92 Å². The van der Waals surface area contributed by atoms with Crippen molar-refractivity contribution in [2.45, 2.75) is 51.1 Å². The largest absolute Gasteiger partial charge is 0.314 e. The van der Waals surface area contributed by atoms with Crippen LogP contribution in [-0.4, -0.2) is 25.2 Å². The van der Waals surface area contributed by atoms with Gasteiger partial charge >= 0.3 is 0 Å². The Kier molecular flexibility index (Phi) is 3.23. The highest BCUT2D eigenvalue weighted by atomic mass is 15.0. The molecule has 0 spiro atoms. The van der Waals surface area contributed by atoms with E-state index < -0.39 is 0 Å². The fourth-order valence-corrected chi connectivity index (χ4v) is 2.34. The monoisotopic (exact) mass is 182 g/mol. The Morgan fingerprint density at radius 2 is 2.15 bits per heavy atom. The number of hydrogen-bond acceptors (Lipinski definition) is 2. The summed E-state index contributed by atoms with van der Waals surface area (Å²) >= 11 is 0. The number of hydrogen-bond donors (Lipinski definition) is 2. The first-order valence-electron chi connectivity index (χ1n) is 5.83. The zero-order valence-electron chi connectivity index (χ0n) is 8.68. The highest BCUT2D eigenvalue weighted by Crippen LogP contribution is 2.19. The molecule has 2 rings (SSSR count). The standard InChI is InChI=1S/C11H22N2/c1-9-5-7-13-11(9)6-8-12-10-3-2-4-10/h9-13H,2-8H2,1H3. The minimum Gasteiger partial charge on any atom is -0.314 e. The highest BCUT2D eigenvalue weighted by molar-refractivity contribution is 4.83. The lowest BCUT2D eigenvalue weighted by Gasteiger charge is -2.27. The molecule has 2 heteroatoms. The van der Waals surface area contributed by atoms with Crippen LogP contribution in [0.4, 0.5) is 0 Å². The average Bonchev–Trinajstić information content (AvgIpc) is 2.42. The summed E-state index contributed by atoms with van der Waals surface area (Å²) in [6, 6.07) is 1.64. The zero-order chi connectivity index (χ0) is 9.10. The molecule has 1 heterocycles. The van der Waals surface area contributed by atoms with Gasteiger partial charge in [-0.05, 0) is 44.7 Å². The van der Waals surface area contributed by atoms with Gasteiger partial charge in [-0.3, -0.25) is 0 Å². The number of nitrogens with one attached hydrogen (secondary N) is 2. The van der Waals surface area contributed by atoms with E-state index in [1.165, 1.54) is 45.2 Å². The third kappa shape index (κ3) is 2.44. The van der Waals surface area contributed by atoms with E-state index in [2.05, 4.69) is 17.6 Å². The molecule has 1 saturated carbocycles. The molecule has 2 unspecified atom stereocenters. The lowest BCUT2D eigenvalue weighted by atomic mass is 9.93. The molecule has 2 aliphatic rings. The Balaban J connectivity index is 1.56. The minimum atomic E-state index is 0.785. The Hall–Kier alpha value is -0.0800. The fraction of sp³-hybridized carbons (Fsp3) is 1.00. The van der Waals surface area contributed by atoms with Crippen molar-refractivity contribution < 1.29 is 0 Å². The molecule has 2 fully saturated rings. The molecular weight excluding hydrogens is 160 g/mol. The summed E-state index contributed by atoms with van der Waals surface area (Å²) in [4.78, 5) is 0. The molecule has 1 aliphatic heterocycles. The van der Waals surface area contributed by atoms with Gasteiger partial charge in [-0.25, -0.2) is 0 Å². The van der Waals surface area contributed by atoms with Crippen molar-refractivity contribution in [1.29, 1.82) is 0 Å². The van der Waals surface area contributed by atoms with Crippen molar-refractivity contribution in [3.8, 4) is 0 Å². The van der Waals surface area contributed by atoms with E-state index in [1.54, 1.807) is 0 Å². The van der Waals surface area contributed by atoms with Crippen LogP contribution in [0.3, 0.4) is 0 Å². The van der Waals surface area contributed by atoms with Crippen molar-refractivity contribution in [2.75, 3.05) is 13.1 Å². The average molecular weight is 182 g/mol. The summed E-state index contributed by atoms with van der Waals surface area (Å²) < 4.78 is 0. The van der Waals surface area contributed by atoms with Gasteiger partial charge in [0.05, 0.1) is 0 Å². The second kappa shape index (κ2) is 4.43. The van der Waals surface area contributed by atoms with Gasteiger partial charge in [-0.1, -0.05) is 13.3 Å². The molecule has 13 heavy (non-hydrogen) atoms. The maximum Gasteiger partial charge on any atom is 0.0105 e. The molecule has 2 N–H and O–H groups in total. The second-order valence-electron chi connectivity index (χ2n) is 4.70. The lowest BCUT2D eigenvalue weighted by Crippen LogP contribution is -2.38. The van der Waals surface area contributed by atoms with Gasteiger partial charge in [0.25, 0.3) is 0 Å². The third-order valence-electron chi connectivity index (χ3n) is 3.69. The summed E-state index contributed by atoms with van der Waals surface area (Å²) in [6.45, 7) is 4.82. The Labute approximate surface area is 81.5 Å². The molecule has 0 radical (unpaired) electrons. The van der Waals surface area contributed by atoms with Gasteiger partial charge < -0.3 is 10.6 Å². The van der Waals surface area contributed by atoms with Crippen LogP contribution in [0.25, 0.3) is 0 Å². The predicted molar refractivity (Wildman–Crippen MR) is 55.8 cm³/mol. The van der Waals surface area contributed by atoms with Crippen molar-refractivity contribution in [3.05, 3.63) is 0 Å². The van der Waals surface area contributed by atoms with Gasteiger partial charge in [0, 0.05) is 12.1 Å². The molecule has 2 atom stereocenters. The summed E-state index contributed by atoms with van der Waals surface area (Å²) in [5.41, 5.74) is 0. The second-order valence-corrected chi connectivity index (χ2v) is 4.70. The SMILES string of the molecule is CC1CCNC1CCNC1CCC1. The van der Waals surface area contributed by atoms with Gasteiger partial charge in [-0.15, -0.1) is 0 Å². The summed E-state index contributed by atoms with van der Waals surface area (Å²) in [7, 11) is 0. The summed E-state index contributed by atoms with van der Waals surface area (Å²) in [5, 5.41) is 7.20. The van der Waals surface area contributed by atoms with Gasteiger partial charge in [0.15, 0.2) is 0 Å². The minimum absolute atomic E-state index is 0.785. The van der Waals surface area contributed by atoms with E-state index >= 15 is 0 Å². The normalized spacial score (nSPS) is 34.8. The zero-order valence-corrected chi connectivity index (χ0v) is 8.68. The Bertz CT molecular complexity index is 154. The van der Waals surface area contributed by atoms with Gasteiger partial charge in [0.2, 0.25) is 0 Å². The summed E-state index contributed by atoms with van der Waals surface area (Å²) in [6.07, 6.45) is 6.95. The van der Waals surface area contributed by atoms with Crippen LogP contribution in [0.5, 0.6) is 0 Å². The van der Waals surface area contributed by atoms with Crippen LogP contribution >= 0.6 is 0 Å². The van der Waals surface area contributed by atoms with Crippen molar-refractivity contribution in [3.63, 3.8) is 0 Å². The van der Waals surface area contributed by atoms with Crippen LogP contribution in [0.15, 0.2) is 0 Å². The molecule has 0 aromatic heterocycles. The fourth-order valence-electron chi connectivity index (χ4n) is 2.34. The van der Waals surface area contributed by atoms with Gasteiger partial charge in [-0.2, -0.15) is 0 Å². The first-order chi connectivity index (χ1) is 6.36. The van der Waals surface area contributed by atoms with E-state index in [0.29, 0.717) is 0 Å². The first kappa shape index (κ1) is 9.47. The molecule has 1 saturated heterocycles. The molecule has 0 bridgehead atoms. The quantitative estimate of drug-likeness (QED) is 0.689. The molecule has 0 aromatic rings. The van der Waals surface area contributed by atoms with E-state index in [0.717, 1.165) is 18.0 Å². The Morgan fingerprint density at radius 1 is 1.31 bits per heavy atom. The number of rotatable bonds is 4. The van der Waals surface area contributed by atoms with E-state index in [1.807, 2.05) is 0 Å². The smallest absolute Gasteiger partial charge is 0.0105 e. The van der Waals surface area contributed by atoms with Crippen molar-refractivity contribution in [1.82, 2.24) is 10.6 Å². The first-order valence-corrected chi connectivity index (χ1v) is 5.83. The van der Waals surface area contributed by atoms with Crippen LogP contribution in [-0.2, 0) is 0 Å². The molecule has 0 amide bonds. The van der Waals surface area contributed by atoms with Crippen LogP contribution < -0.4 is 10.6 Å². The van der Waals surface area contributed by atoms with E-state index in [-0.39, 0.29) is 0 Å². The lowest BCUT2D eigenvalue weighted by molar-refractivity contribution is 0.325. The Morgan fingerprint density at radius 3 is 2.69 bits per heavy atom. The molecular formula is C11H22N2. The van der Waals surface area contributed by atoms with Crippen molar-refractivity contribution in [2.24, 2.45) is 5.92 Å². The van der Waals surface area contributed by atoms with Gasteiger partial charge in [0.1, 0.15) is 0 Å². The molecule has 0 aromatic carbocycles. The van der Waals surface area contributed by atoms with Crippen LogP contribution in [0.2, 0.25) is 0 Å². The molecule has 76 valence electrons. The van der Waals surface area contributed by atoms with E-state index in [9.17, 15) is 0 Å². The predicted octanol–water partition coefficient (Wildman–Crippen LogP) is 1.52.